The van der Waals surface area contributed by atoms with Crippen LogP contribution in [-0.2, 0) is 0 Å². The second-order valence-electron chi connectivity index (χ2n) is 4.99. The predicted molar refractivity (Wildman–Crippen MR) is 85.4 cm³/mol. The quantitative estimate of drug-likeness (QED) is 0.784. The second-order valence-corrected chi connectivity index (χ2v) is 5.42. The van der Waals surface area contributed by atoms with Gasteiger partial charge in [-0.2, -0.15) is 0 Å². The molecular weight excluding hydrogens is 338 g/mol. The van der Waals surface area contributed by atoms with Gasteiger partial charge < -0.3 is 5.32 Å². The molecule has 0 saturated carbocycles. The van der Waals surface area contributed by atoms with Crippen molar-refractivity contribution < 1.29 is 13.6 Å². The average molecular weight is 349 g/mol. The minimum Gasteiger partial charge on any atom is -0.319 e. The van der Waals surface area contributed by atoms with E-state index < -0.39 is 17.5 Å². The van der Waals surface area contributed by atoms with Crippen LogP contribution in [0.3, 0.4) is 0 Å². The number of nitrogens with one attached hydrogen (secondary N) is 1. The zero-order valence-electron chi connectivity index (χ0n) is 12.4. The van der Waals surface area contributed by atoms with E-state index >= 15 is 0 Å². The predicted octanol–water partition coefficient (Wildman–Crippen LogP) is 3.76. The monoisotopic (exact) mass is 348 g/mol. The van der Waals surface area contributed by atoms with E-state index in [4.69, 9.17) is 11.6 Å². The number of anilines is 1. The zero-order valence-corrected chi connectivity index (χ0v) is 13.2. The molecule has 122 valence electrons. The average Bonchev–Trinajstić information content (AvgIpc) is 2.88. The van der Waals surface area contributed by atoms with Gasteiger partial charge in [-0.05, 0) is 37.3 Å². The van der Waals surface area contributed by atoms with Gasteiger partial charge >= 0.3 is 0 Å². The lowest BCUT2D eigenvalue weighted by Crippen LogP contribution is -2.14. The Morgan fingerprint density at radius 2 is 1.88 bits per heavy atom. The van der Waals surface area contributed by atoms with Crippen LogP contribution in [-0.4, -0.2) is 20.7 Å². The third-order valence-electron chi connectivity index (χ3n) is 3.15. The maximum atomic E-state index is 13.2. The topological polar surface area (TPSA) is 59.8 Å². The Morgan fingerprint density at radius 1 is 1.17 bits per heavy atom. The molecule has 1 aromatic heterocycles. The van der Waals surface area contributed by atoms with E-state index in [9.17, 15) is 13.6 Å². The molecule has 0 spiro atoms. The highest BCUT2D eigenvalue weighted by Gasteiger charge is 2.16. The van der Waals surface area contributed by atoms with Gasteiger partial charge in [-0.3, -0.25) is 4.79 Å². The second kappa shape index (κ2) is 6.37. The smallest absolute Gasteiger partial charge is 0.295 e. The first-order valence-corrected chi connectivity index (χ1v) is 7.27. The van der Waals surface area contributed by atoms with E-state index in [1.54, 1.807) is 31.2 Å². The maximum Gasteiger partial charge on any atom is 0.295 e. The van der Waals surface area contributed by atoms with Crippen LogP contribution < -0.4 is 5.32 Å². The highest BCUT2D eigenvalue weighted by atomic mass is 35.5. The van der Waals surface area contributed by atoms with E-state index in [-0.39, 0.29) is 11.5 Å². The van der Waals surface area contributed by atoms with Gasteiger partial charge in [0.1, 0.15) is 17.5 Å². The first kappa shape index (κ1) is 16.1. The van der Waals surface area contributed by atoms with E-state index in [2.05, 4.69) is 15.4 Å². The Labute approximate surface area is 140 Å². The Morgan fingerprint density at radius 3 is 2.54 bits per heavy atom. The minimum absolute atomic E-state index is 0.0192. The summed E-state index contributed by atoms with van der Waals surface area (Å²) in [4.78, 5) is 16.2. The van der Waals surface area contributed by atoms with Crippen LogP contribution in [0, 0.1) is 18.6 Å². The van der Waals surface area contributed by atoms with Gasteiger partial charge in [-0.15, -0.1) is 5.10 Å². The summed E-state index contributed by atoms with van der Waals surface area (Å²) in [7, 11) is 0. The molecule has 3 rings (SSSR count). The Kier molecular flexibility index (Phi) is 4.26. The van der Waals surface area contributed by atoms with Gasteiger partial charge in [0.05, 0.1) is 5.69 Å². The van der Waals surface area contributed by atoms with Gasteiger partial charge in [-0.25, -0.2) is 18.4 Å². The van der Waals surface area contributed by atoms with Crippen LogP contribution in [0.2, 0.25) is 5.02 Å². The molecule has 2 aromatic carbocycles. The molecule has 8 heteroatoms. The molecule has 24 heavy (non-hydrogen) atoms. The summed E-state index contributed by atoms with van der Waals surface area (Å²) in [5.41, 5.74) is 0.623. The molecular formula is C16H11ClF2N4O. The summed E-state index contributed by atoms with van der Waals surface area (Å²) in [6.07, 6.45) is 0. The standard InChI is InChI=1S/C16H11ClF2N4O/c1-9-20-15(22-23(9)14-4-2-3-10(17)5-14)16(24)21-13-7-11(18)6-12(19)8-13/h2-8H,1H3,(H,21,24). The highest BCUT2D eigenvalue weighted by molar-refractivity contribution is 6.30. The lowest BCUT2D eigenvalue weighted by molar-refractivity contribution is 0.101. The zero-order chi connectivity index (χ0) is 17.3. The molecule has 0 saturated heterocycles. The summed E-state index contributed by atoms with van der Waals surface area (Å²) < 4.78 is 27.8. The summed E-state index contributed by atoms with van der Waals surface area (Å²) in [5, 5.41) is 6.99. The number of rotatable bonds is 3. The summed E-state index contributed by atoms with van der Waals surface area (Å²) in [6.45, 7) is 1.67. The van der Waals surface area contributed by atoms with Crippen molar-refractivity contribution in [3.63, 3.8) is 0 Å². The molecule has 1 heterocycles. The fourth-order valence-electron chi connectivity index (χ4n) is 2.15. The number of hydrogen-bond donors (Lipinski definition) is 1. The third-order valence-corrected chi connectivity index (χ3v) is 3.38. The largest absolute Gasteiger partial charge is 0.319 e. The van der Waals surface area contributed by atoms with E-state index in [0.717, 1.165) is 12.1 Å². The van der Waals surface area contributed by atoms with Gasteiger partial charge in [0.2, 0.25) is 5.82 Å². The molecule has 0 bridgehead atoms. The van der Waals surface area contributed by atoms with Gasteiger partial charge in [0.15, 0.2) is 0 Å². The molecule has 0 aliphatic carbocycles. The van der Waals surface area contributed by atoms with Crippen molar-refractivity contribution in [2.45, 2.75) is 6.92 Å². The molecule has 0 atom stereocenters. The van der Waals surface area contributed by atoms with Crippen LogP contribution in [0.15, 0.2) is 42.5 Å². The molecule has 0 unspecified atom stereocenters. The maximum absolute atomic E-state index is 13.2. The van der Waals surface area contributed by atoms with Crippen molar-refractivity contribution in [1.29, 1.82) is 0 Å². The number of carbonyl (C=O) groups is 1. The van der Waals surface area contributed by atoms with Crippen LogP contribution in [0.4, 0.5) is 14.5 Å². The molecule has 1 amide bonds. The highest BCUT2D eigenvalue weighted by Crippen LogP contribution is 2.17. The van der Waals surface area contributed by atoms with E-state index in [0.29, 0.717) is 22.6 Å². The van der Waals surface area contributed by atoms with Crippen molar-refractivity contribution in [2.24, 2.45) is 0 Å². The summed E-state index contributed by atoms with van der Waals surface area (Å²) in [5.74, 6) is -1.92. The van der Waals surface area contributed by atoms with Crippen molar-refractivity contribution in [1.82, 2.24) is 14.8 Å². The fraction of sp³-hybridized carbons (Fsp3) is 0.0625. The molecule has 0 radical (unpaired) electrons. The third kappa shape index (κ3) is 3.41. The lowest BCUT2D eigenvalue weighted by Gasteiger charge is -2.03. The van der Waals surface area contributed by atoms with Crippen molar-refractivity contribution in [3.05, 3.63) is 70.8 Å². The summed E-state index contributed by atoms with van der Waals surface area (Å²) in [6, 6.07) is 9.61. The Balaban J connectivity index is 1.87. The van der Waals surface area contributed by atoms with Gasteiger partial charge in [0.25, 0.3) is 5.91 Å². The molecule has 3 aromatic rings. The first-order chi connectivity index (χ1) is 11.4. The molecule has 5 nitrogen and oxygen atoms in total. The SMILES string of the molecule is Cc1nc(C(=O)Nc2cc(F)cc(F)c2)nn1-c1cccc(Cl)c1. The Hall–Kier alpha value is -2.80. The number of nitrogens with zero attached hydrogens (tertiary/aromatic N) is 3. The van der Waals surface area contributed by atoms with Crippen LogP contribution >= 0.6 is 11.6 Å². The van der Waals surface area contributed by atoms with Crippen LogP contribution in [0.1, 0.15) is 16.4 Å². The number of amides is 1. The molecule has 0 aliphatic heterocycles. The van der Waals surface area contributed by atoms with Crippen molar-refractivity contribution >= 4 is 23.2 Å². The normalized spacial score (nSPS) is 10.7. The van der Waals surface area contributed by atoms with Crippen LogP contribution in [0.5, 0.6) is 0 Å². The minimum atomic E-state index is -0.793. The number of hydrogen-bond acceptors (Lipinski definition) is 3. The number of aromatic nitrogens is 3. The molecule has 0 aliphatic rings. The number of benzene rings is 2. The Bertz CT molecular complexity index is 906. The van der Waals surface area contributed by atoms with Crippen LogP contribution in [0.25, 0.3) is 5.69 Å². The molecule has 1 N–H and O–H groups in total. The van der Waals surface area contributed by atoms with Crippen molar-refractivity contribution in [3.8, 4) is 5.69 Å². The van der Waals surface area contributed by atoms with Crippen molar-refractivity contribution in [2.75, 3.05) is 5.32 Å². The van der Waals surface area contributed by atoms with Gasteiger partial charge in [-0.1, -0.05) is 17.7 Å². The number of halogens is 3. The molecule has 0 fully saturated rings. The number of carbonyl (C=O) groups excluding carboxylic acids is 1. The lowest BCUT2D eigenvalue weighted by atomic mass is 10.3. The summed E-state index contributed by atoms with van der Waals surface area (Å²) >= 11 is 5.94. The first-order valence-electron chi connectivity index (χ1n) is 6.89. The van der Waals surface area contributed by atoms with Gasteiger partial charge in [0, 0.05) is 16.8 Å². The number of aryl methyl sites for hydroxylation is 1. The van der Waals surface area contributed by atoms with E-state index in [1.165, 1.54) is 4.68 Å². The fourth-order valence-corrected chi connectivity index (χ4v) is 2.34. The van der Waals surface area contributed by atoms with E-state index in [1.807, 2.05) is 0 Å².